The third-order valence-electron chi connectivity index (χ3n) is 4.55. The van der Waals surface area contributed by atoms with Crippen molar-refractivity contribution in [2.75, 3.05) is 13.1 Å². The second-order valence-corrected chi connectivity index (χ2v) is 6.82. The average Bonchev–Trinajstić information content (AvgIpc) is 2.32. The van der Waals surface area contributed by atoms with Crippen molar-refractivity contribution in [3.63, 3.8) is 0 Å². The van der Waals surface area contributed by atoms with Gasteiger partial charge in [0.2, 0.25) is 0 Å². The third kappa shape index (κ3) is 5.73. The first-order chi connectivity index (χ1) is 8.67. The maximum absolute atomic E-state index is 3.65. The van der Waals surface area contributed by atoms with Crippen LogP contribution in [-0.2, 0) is 0 Å². The Morgan fingerprint density at radius 3 is 2.44 bits per heavy atom. The Morgan fingerprint density at radius 2 is 1.83 bits per heavy atom. The molecule has 3 atom stereocenters. The standard InChI is InChI=1S/C17H35N/c1-5-7-15-8-9-16(13-18-10-6-2)17(12-15)11-14(3)4/h14-18H,5-13H2,1-4H3. The molecule has 1 heteroatoms. The summed E-state index contributed by atoms with van der Waals surface area (Å²) < 4.78 is 0. The molecule has 1 rings (SSSR count). The van der Waals surface area contributed by atoms with Gasteiger partial charge in [-0.25, -0.2) is 0 Å². The smallest absolute Gasteiger partial charge is 0.00179 e. The summed E-state index contributed by atoms with van der Waals surface area (Å²) in [6.45, 7) is 11.8. The molecule has 0 aromatic rings. The van der Waals surface area contributed by atoms with Crippen molar-refractivity contribution in [3.8, 4) is 0 Å². The first-order valence-electron chi connectivity index (χ1n) is 8.38. The van der Waals surface area contributed by atoms with Gasteiger partial charge >= 0.3 is 0 Å². The zero-order valence-electron chi connectivity index (χ0n) is 13.2. The second kappa shape index (κ2) is 8.96. The van der Waals surface area contributed by atoms with E-state index in [1.165, 1.54) is 58.0 Å². The van der Waals surface area contributed by atoms with Crippen LogP contribution < -0.4 is 5.32 Å². The predicted molar refractivity (Wildman–Crippen MR) is 81.8 cm³/mol. The van der Waals surface area contributed by atoms with Crippen LogP contribution in [0.4, 0.5) is 0 Å². The molecule has 0 heterocycles. The van der Waals surface area contributed by atoms with Crippen molar-refractivity contribution in [2.24, 2.45) is 23.7 Å². The van der Waals surface area contributed by atoms with E-state index in [2.05, 4.69) is 33.0 Å². The molecule has 1 nitrogen and oxygen atoms in total. The first-order valence-corrected chi connectivity index (χ1v) is 8.38. The van der Waals surface area contributed by atoms with Crippen molar-refractivity contribution >= 4 is 0 Å². The highest BCUT2D eigenvalue weighted by Gasteiger charge is 2.29. The Balaban J connectivity index is 2.43. The first kappa shape index (κ1) is 16.0. The van der Waals surface area contributed by atoms with Gasteiger partial charge in [0.25, 0.3) is 0 Å². The highest BCUT2D eigenvalue weighted by Crippen LogP contribution is 2.39. The summed E-state index contributed by atoms with van der Waals surface area (Å²) in [5.41, 5.74) is 0. The van der Waals surface area contributed by atoms with E-state index in [0.29, 0.717) is 0 Å². The van der Waals surface area contributed by atoms with Crippen molar-refractivity contribution in [3.05, 3.63) is 0 Å². The monoisotopic (exact) mass is 253 g/mol. The van der Waals surface area contributed by atoms with Crippen LogP contribution in [0.15, 0.2) is 0 Å². The van der Waals surface area contributed by atoms with Crippen LogP contribution >= 0.6 is 0 Å². The zero-order chi connectivity index (χ0) is 13.4. The molecular formula is C17H35N. The maximum atomic E-state index is 3.65. The molecule has 0 aromatic carbocycles. The van der Waals surface area contributed by atoms with E-state index in [0.717, 1.165) is 23.7 Å². The lowest BCUT2D eigenvalue weighted by atomic mass is 9.70. The van der Waals surface area contributed by atoms with Gasteiger partial charge in [0, 0.05) is 0 Å². The fraction of sp³-hybridized carbons (Fsp3) is 1.00. The topological polar surface area (TPSA) is 12.0 Å². The summed E-state index contributed by atoms with van der Waals surface area (Å²) in [4.78, 5) is 0. The maximum Gasteiger partial charge on any atom is -0.00179 e. The molecule has 1 N–H and O–H groups in total. The van der Waals surface area contributed by atoms with Gasteiger partial charge in [-0.05, 0) is 62.4 Å². The molecule has 0 aliphatic heterocycles. The van der Waals surface area contributed by atoms with Crippen molar-refractivity contribution < 1.29 is 0 Å². The van der Waals surface area contributed by atoms with Crippen LogP contribution in [0.2, 0.25) is 0 Å². The van der Waals surface area contributed by atoms with Crippen LogP contribution in [0.1, 0.15) is 72.6 Å². The summed E-state index contributed by atoms with van der Waals surface area (Å²) in [5.74, 6) is 3.83. The average molecular weight is 253 g/mol. The van der Waals surface area contributed by atoms with E-state index >= 15 is 0 Å². The number of rotatable bonds is 8. The van der Waals surface area contributed by atoms with Crippen LogP contribution in [0, 0.1) is 23.7 Å². The van der Waals surface area contributed by atoms with Crippen LogP contribution in [0.25, 0.3) is 0 Å². The molecule has 0 radical (unpaired) electrons. The zero-order valence-corrected chi connectivity index (χ0v) is 13.2. The van der Waals surface area contributed by atoms with E-state index in [1.54, 1.807) is 0 Å². The molecule has 18 heavy (non-hydrogen) atoms. The van der Waals surface area contributed by atoms with Gasteiger partial charge in [-0.15, -0.1) is 0 Å². The van der Waals surface area contributed by atoms with Gasteiger partial charge in [0.05, 0.1) is 0 Å². The van der Waals surface area contributed by atoms with E-state index in [1.807, 2.05) is 0 Å². The molecule has 0 spiro atoms. The molecule has 1 aliphatic rings. The largest absolute Gasteiger partial charge is 0.316 e. The highest BCUT2D eigenvalue weighted by molar-refractivity contribution is 4.82. The molecule has 3 unspecified atom stereocenters. The summed E-state index contributed by atoms with van der Waals surface area (Å²) in [6.07, 6.45) is 10.0. The lowest BCUT2D eigenvalue weighted by molar-refractivity contribution is 0.147. The van der Waals surface area contributed by atoms with E-state index in [-0.39, 0.29) is 0 Å². The van der Waals surface area contributed by atoms with Gasteiger partial charge in [0.1, 0.15) is 0 Å². The molecule has 1 fully saturated rings. The quantitative estimate of drug-likeness (QED) is 0.609. The van der Waals surface area contributed by atoms with Crippen molar-refractivity contribution in [1.82, 2.24) is 5.32 Å². The normalized spacial score (nSPS) is 28.8. The third-order valence-corrected chi connectivity index (χ3v) is 4.55. The van der Waals surface area contributed by atoms with Crippen LogP contribution in [-0.4, -0.2) is 13.1 Å². The number of hydrogen-bond acceptors (Lipinski definition) is 1. The molecule has 108 valence electrons. The molecule has 1 aliphatic carbocycles. The molecule has 0 saturated heterocycles. The summed E-state index contributed by atoms with van der Waals surface area (Å²) >= 11 is 0. The highest BCUT2D eigenvalue weighted by atomic mass is 14.9. The predicted octanol–water partition coefficient (Wildman–Crippen LogP) is 4.86. The fourth-order valence-electron chi connectivity index (χ4n) is 3.72. The Bertz CT molecular complexity index is 200. The second-order valence-electron chi connectivity index (χ2n) is 6.82. The molecular weight excluding hydrogens is 218 g/mol. The number of nitrogens with one attached hydrogen (secondary N) is 1. The Morgan fingerprint density at radius 1 is 1.06 bits per heavy atom. The van der Waals surface area contributed by atoms with E-state index < -0.39 is 0 Å². The minimum atomic E-state index is 0.865. The minimum Gasteiger partial charge on any atom is -0.316 e. The lowest BCUT2D eigenvalue weighted by Crippen LogP contribution is -2.34. The van der Waals surface area contributed by atoms with Crippen molar-refractivity contribution in [1.29, 1.82) is 0 Å². The van der Waals surface area contributed by atoms with Gasteiger partial charge in [-0.3, -0.25) is 0 Å². The van der Waals surface area contributed by atoms with E-state index in [9.17, 15) is 0 Å². The Hall–Kier alpha value is -0.0400. The molecule has 0 amide bonds. The fourth-order valence-corrected chi connectivity index (χ4v) is 3.72. The lowest BCUT2D eigenvalue weighted by Gasteiger charge is -2.37. The van der Waals surface area contributed by atoms with Crippen LogP contribution in [0.5, 0.6) is 0 Å². The van der Waals surface area contributed by atoms with Crippen molar-refractivity contribution in [2.45, 2.75) is 72.6 Å². The van der Waals surface area contributed by atoms with E-state index in [4.69, 9.17) is 0 Å². The van der Waals surface area contributed by atoms with Gasteiger partial charge in [-0.2, -0.15) is 0 Å². The van der Waals surface area contributed by atoms with Gasteiger partial charge in [-0.1, -0.05) is 47.0 Å². The van der Waals surface area contributed by atoms with Crippen LogP contribution in [0.3, 0.4) is 0 Å². The Labute approximate surface area is 115 Å². The molecule has 0 bridgehead atoms. The van der Waals surface area contributed by atoms with Gasteiger partial charge in [0.15, 0.2) is 0 Å². The summed E-state index contributed by atoms with van der Waals surface area (Å²) in [6, 6.07) is 0. The SMILES string of the molecule is CCCNCC1CCC(CCC)CC1CC(C)C. The minimum absolute atomic E-state index is 0.865. The summed E-state index contributed by atoms with van der Waals surface area (Å²) in [5, 5.41) is 3.65. The Kier molecular flexibility index (Phi) is 7.97. The number of hydrogen-bond donors (Lipinski definition) is 1. The van der Waals surface area contributed by atoms with Gasteiger partial charge < -0.3 is 5.32 Å². The molecule has 0 aromatic heterocycles. The molecule has 1 saturated carbocycles. The summed E-state index contributed by atoms with van der Waals surface area (Å²) in [7, 11) is 0.